The van der Waals surface area contributed by atoms with Gasteiger partial charge in [0.05, 0.1) is 11.1 Å². The third-order valence-electron chi connectivity index (χ3n) is 6.17. The lowest BCUT2D eigenvalue weighted by Crippen LogP contribution is -2.40. The zero-order valence-electron chi connectivity index (χ0n) is 19.5. The van der Waals surface area contributed by atoms with Gasteiger partial charge in [-0.2, -0.15) is 0 Å². The predicted molar refractivity (Wildman–Crippen MR) is 126 cm³/mol. The maximum atomic E-state index is 12.9. The van der Waals surface area contributed by atoms with Gasteiger partial charge < -0.3 is 15.4 Å². The average molecular weight is 478 g/mol. The highest BCUT2D eigenvalue weighted by molar-refractivity contribution is 6.22. The summed E-state index contributed by atoms with van der Waals surface area (Å²) < 4.78 is 4.97. The van der Waals surface area contributed by atoms with E-state index in [1.807, 2.05) is 0 Å². The molecule has 182 valence electrons. The number of carbonyl (C=O) groups excluding carboxylic acids is 5. The summed E-state index contributed by atoms with van der Waals surface area (Å²) in [6.07, 6.45) is 4.75. The van der Waals surface area contributed by atoms with Crippen molar-refractivity contribution >= 4 is 29.6 Å². The molecule has 1 aliphatic heterocycles. The van der Waals surface area contributed by atoms with E-state index < -0.39 is 11.9 Å². The summed E-state index contributed by atoms with van der Waals surface area (Å²) in [6.45, 7) is 1.60. The minimum Gasteiger partial charge on any atom is -0.427 e. The molecule has 4 rings (SSSR count). The van der Waals surface area contributed by atoms with E-state index >= 15 is 0 Å². The molecule has 2 aliphatic rings. The lowest BCUT2D eigenvalue weighted by atomic mass is 9.94. The first-order valence-corrected chi connectivity index (χ1v) is 11.7. The first-order chi connectivity index (χ1) is 16.8. The van der Waals surface area contributed by atoms with Crippen molar-refractivity contribution < 1.29 is 28.7 Å². The van der Waals surface area contributed by atoms with Gasteiger partial charge in [-0.1, -0.05) is 25.3 Å². The number of imide groups is 1. The number of rotatable bonds is 7. The van der Waals surface area contributed by atoms with Crippen LogP contribution in [-0.4, -0.2) is 53.6 Å². The molecule has 9 heteroatoms. The molecule has 0 spiro atoms. The molecule has 9 nitrogen and oxygen atoms in total. The van der Waals surface area contributed by atoms with Crippen molar-refractivity contribution in [1.82, 2.24) is 15.5 Å². The second-order valence-electron chi connectivity index (χ2n) is 8.67. The largest absolute Gasteiger partial charge is 0.427 e. The number of esters is 1. The van der Waals surface area contributed by atoms with Gasteiger partial charge in [0.2, 0.25) is 0 Å². The second-order valence-corrected chi connectivity index (χ2v) is 8.67. The number of carbonyl (C=O) groups is 5. The second kappa shape index (κ2) is 10.5. The van der Waals surface area contributed by atoms with E-state index in [4.69, 9.17) is 4.74 Å². The smallest absolute Gasteiger partial charge is 0.308 e. The number of hydrogen-bond acceptors (Lipinski definition) is 6. The van der Waals surface area contributed by atoms with E-state index in [-0.39, 0.29) is 53.7 Å². The third-order valence-corrected chi connectivity index (χ3v) is 6.17. The molecule has 0 bridgehead atoms. The van der Waals surface area contributed by atoms with E-state index in [1.165, 1.54) is 36.1 Å². The summed E-state index contributed by atoms with van der Waals surface area (Å²) in [5.74, 6) is -1.62. The van der Waals surface area contributed by atoms with Gasteiger partial charge in [-0.3, -0.25) is 28.9 Å². The SMILES string of the molecule is CC(=O)Oc1cccc(C(=O)NCCNC(=O)c2ccc3c(c2)C(=O)N(C2CCCCC2)C3=O)c1. The summed E-state index contributed by atoms with van der Waals surface area (Å²) >= 11 is 0. The summed E-state index contributed by atoms with van der Waals surface area (Å²) in [5.41, 5.74) is 1.18. The van der Waals surface area contributed by atoms with E-state index in [1.54, 1.807) is 18.2 Å². The first kappa shape index (κ1) is 24.1. The Morgan fingerprint density at radius 3 is 2.14 bits per heavy atom. The zero-order chi connectivity index (χ0) is 24.9. The van der Waals surface area contributed by atoms with Crippen LogP contribution in [0, 0.1) is 0 Å². The Hall–Kier alpha value is -4.01. The van der Waals surface area contributed by atoms with Crippen molar-refractivity contribution in [3.8, 4) is 5.75 Å². The fourth-order valence-electron chi connectivity index (χ4n) is 4.49. The molecule has 1 fully saturated rings. The van der Waals surface area contributed by atoms with Crippen LogP contribution in [0.15, 0.2) is 42.5 Å². The maximum absolute atomic E-state index is 12.9. The minimum atomic E-state index is -0.482. The van der Waals surface area contributed by atoms with Gasteiger partial charge in [0.15, 0.2) is 0 Å². The Bertz CT molecular complexity index is 1190. The average Bonchev–Trinajstić information content (AvgIpc) is 3.11. The molecule has 0 radical (unpaired) electrons. The highest BCUT2D eigenvalue weighted by Crippen LogP contribution is 2.31. The molecule has 35 heavy (non-hydrogen) atoms. The van der Waals surface area contributed by atoms with Crippen molar-refractivity contribution in [3.63, 3.8) is 0 Å². The lowest BCUT2D eigenvalue weighted by molar-refractivity contribution is -0.131. The van der Waals surface area contributed by atoms with Gasteiger partial charge in [0.1, 0.15) is 5.75 Å². The Morgan fingerprint density at radius 1 is 0.857 bits per heavy atom. The van der Waals surface area contributed by atoms with Crippen LogP contribution in [0.1, 0.15) is 80.5 Å². The molecular formula is C26H27N3O6. The fourth-order valence-corrected chi connectivity index (χ4v) is 4.49. The van der Waals surface area contributed by atoms with Crippen LogP contribution in [0.4, 0.5) is 0 Å². The van der Waals surface area contributed by atoms with Gasteiger partial charge in [-0.15, -0.1) is 0 Å². The van der Waals surface area contributed by atoms with Crippen LogP contribution in [0.25, 0.3) is 0 Å². The van der Waals surface area contributed by atoms with Gasteiger partial charge >= 0.3 is 5.97 Å². The molecule has 1 saturated carbocycles. The molecule has 2 aromatic rings. The Morgan fingerprint density at radius 2 is 1.49 bits per heavy atom. The van der Waals surface area contributed by atoms with Crippen LogP contribution >= 0.6 is 0 Å². The first-order valence-electron chi connectivity index (χ1n) is 11.7. The maximum Gasteiger partial charge on any atom is 0.308 e. The van der Waals surface area contributed by atoms with E-state index in [0.717, 1.165) is 32.1 Å². The number of fused-ring (bicyclic) bond motifs is 1. The van der Waals surface area contributed by atoms with Gasteiger partial charge in [-0.05, 0) is 49.2 Å². The summed E-state index contributed by atoms with van der Waals surface area (Å²) in [4.78, 5) is 63.1. The van der Waals surface area contributed by atoms with Crippen LogP contribution in [-0.2, 0) is 4.79 Å². The van der Waals surface area contributed by atoms with Gasteiger partial charge in [0, 0.05) is 37.2 Å². The number of nitrogens with one attached hydrogen (secondary N) is 2. The molecule has 0 saturated heterocycles. The molecule has 2 N–H and O–H groups in total. The summed E-state index contributed by atoms with van der Waals surface area (Å²) in [6, 6.07) is 10.7. The molecule has 4 amide bonds. The Kier molecular flexibility index (Phi) is 7.24. The normalized spacial score (nSPS) is 15.5. The molecule has 1 heterocycles. The van der Waals surface area contributed by atoms with Crippen LogP contribution in [0.2, 0.25) is 0 Å². The molecule has 0 atom stereocenters. The lowest BCUT2D eigenvalue weighted by Gasteiger charge is -2.29. The number of benzene rings is 2. The van der Waals surface area contributed by atoms with Crippen LogP contribution in [0.5, 0.6) is 5.75 Å². The van der Waals surface area contributed by atoms with Crippen molar-refractivity contribution in [1.29, 1.82) is 0 Å². The van der Waals surface area contributed by atoms with Crippen molar-refractivity contribution in [2.24, 2.45) is 0 Å². The highest BCUT2D eigenvalue weighted by atomic mass is 16.5. The third kappa shape index (κ3) is 5.40. The van der Waals surface area contributed by atoms with Crippen LogP contribution in [0.3, 0.4) is 0 Å². The topological polar surface area (TPSA) is 122 Å². The quantitative estimate of drug-likeness (QED) is 0.274. The van der Waals surface area contributed by atoms with E-state index in [9.17, 15) is 24.0 Å². The Labute approximate surface area is 202 Å². The number of nitrogens with zero attached hydrogens (tertiary/aromatic N) is 1. The summed E-state index contributed by atoms with van der Waals surface area (Å²) in [5, 5.41) is 5.39. The molecule has 0 unspecified atom stereocenters. The Balaban J connectivity index is 1.31. The fraction of sp³-hybridized carbons (Fsp3) is 0.346. The number of amides is 4. The van der Waals surface area contributed by atoms with Crippen LogP contribution < -0.4 is 15.4 Å². The van der Waals surface area contributed by atoms with Gasteiger partial charge in [0.25, 0.3) is 23.6 Å². The number of hydrogen-bond donors (Lipinski definition) is 2. The van der Waals surface area contributed by atoms with Gasteiger partial charge in [-0.25, -0.2) is 0 Å². The summed E-state index contributed by atoms with van der Waals surface area (Å²) in [7, 11) is 0. The molecular weight excluding hydrogens is 450 g/mol. The highest BCUT2D eigenvalue weighted by Gasteiger charge is 2.40. The number of ether oxygens (including phenoxy) is 1. The van der Waals surface area contributed by atoms with Crippen molar-refractivity contribution in [3.05, 3.63) is 64.7 Å². The molecule has 1 aliphatic carbocycles. The predicted octanol–water partition coefficient (Wildman–Crippen LogP) is 2.70. The minimum absolute atomic E-state index is 0.0771. The standard InChI is InChI=1S/C26H27N3O6/c1-16(30)35-20-9-5-6-17(14-20)23(31)27-12-13-28-24(32)18-10-11-21-22(15-18)26(34)29(25(21)33)19-7-3-2-4-8-19/h5-6,9-11,14-15,19H,2-4,7-8,12-13H2,1H3,(H,27,31)(H,28,32). The van der Waals surface area contributed by atoms with Crippen molar-refractivity contribution in [2.75, 3.05) is 13.1 Å². The zero-order valence-corrected chi connectivity index (χ0v) is 19.5. The van der Waals surface area contributed by atoms with E-state index in [2.05, 4.69) is 10.6 Å². The monoisotopic (exact) mass is 477 g/mol. The molecule has 2 aromatic carbocycles. The van der Waals surface area contributed by atoms with E-state index in [0.29, 0.717) is 11.1 Å². The molecule has 0 aromatic heterocycles. The van der Waals surface area contributed by atoms with Crippen molar-refractivity contribution in [2.45, 2.75) is 45.1 Å².